The molecule has 0 aliphatic carbocycles. The average molecular weight is 369 g/mol. The van der Waals surface area contributed by atoms with Crippen LogP contribution < -0.4 is 18.9 Å². The third-order valence-electron chi connectivity index (χ3n) is 5.71. The number of benzene rings is 2. The third-order valence-corrected chi connectivity index (χ3v) is 5.71. The van der Waals surface area contributed by atoms with Crippen molar-refractivity contribution < 1.29 is 18.9 Å². The van der Waals surface area contributed by atoms with E-state index in [1.807, 2.05) is 18.2 Å². The molecular weight excluding hydrogens is 342 g/mol. The summed E-state index contributed by atoms with van der Waals surface area (Å²) in [5.74, 6) is 3.80. The molecule has 0 saturated heterocycles. The lowest BCUT2D eigenvalue weighted by atomic mass is 9.78. The van der Waals surface area contributed by atoms with Crippen molar-refractivity contribution in [2.24, 2.45) is 5.92 Å². The molecule has 5 heteroatoms. The van der Waals surface area contributed by atoms with Crippen molar-refractivity contribution in [1.82, 2.24) is 4.90 Å². The van der Waals surface area contributed by atoms with Gasteiger partial charge in [-0.1, -0.05) is 32.9 Å². The lowest BCUT2D eigenvalue weighted by Gasteiger charge is -2.43. The standard InChI is InChI=1S/C22H27NO4/c1-5-23(6-2)22-14(3)21(15-7-9-16(24-4)10-8-15)17-11-19-20(26-13-25-19)12-18(17)27-22/h7-12,14,21-22H,5-6,13H2,1-4H3/t14-,21-,22+/m1/s1. The van der Waals surface area contributed by atoms with E-state index >= 15 is 0 Å². The minimum Gasteiger partial charge on any atom is -0.497 e. The minimum absolute atomic E-state index is 0.0139. The minimum atomic E-state index is 0.0139. The van der Waals surface area contributed by atoms with E-state index in [-0.39, 0.29) is 24.9 Å². The second kappa shape index (κ2) is 7.31. The molecular formula is C22H27NO4. The van der Waals surface area contributed by atoms with Crippen LogP contribution in [-0.4, -0.2) is 38.1 Å². The van der Waals surface area contributed by atoms with Gasteiger partial charge in [-0.05, 0) is 36.9 Å². The van der Waals surface area contributed by atoms with Crippen molar-refractivity contribution in [2.75, 3.05) is 27.0 Å². The van der Waals surface area contributed by atoms with Crippen LogP contribution in [0, 0.1) is 5.92 Å². The molecule has 0 bridgehead atoms. The van der Waals surface area contributed by atoms with Gasteiger partial charge < -0.3 is 18.9 Å². The van der Waals surface area contributed by atoms with Crippen LogP contribution in [0.1, 0.15) is 37.8 Å². The first-order valence-electron chi connectivity index (χ1n) is 9.64. The van der Waals surface area contributed by atoms with Crippen molar-refractivity contribution in [3.8, 4) is 23.0 Å². The molecule has 0 fully saturated rings. The zero-order chi connectivity index (χ0) is 19.0. The highest BCUT2D eigenvalue weighted by Gasteiger charge is 2.40. The zero-order valence-corrected chi connectivity index (χ0v) is 16.4. The van der Waals surface area contributed by atoms with Crippen molar-refractivity contribution in [3.05, 3.63) is 47.5 Å². The lowest BCUT2D eigenvalue weighted by molar-refractivity contribution is -0.0257. The Kier molecular flexibility index (Phi) is 4.87. The van der Waals surface area contributed by atoms with E-state index in [1.165, 1.54) is 5.56 Å². The fourth-order valence-corrected chi connectivity index (χ4v) is 4.25. The molecule has 5 nitrogen and oxygen atoms in total. The zero-order valence-electron chi connectivity index (χ0n) is 16.4. The van der Waals surface area contributed by atoms with Gasteiger partial charge in [0.2, 0.25) is 6.79 Å². The van der Waals surface area contributed by atoms with E-state index < -0.39 is 0 Å². The fraction of sp³-hybridized carbons (Fsp3) is 0.455. The largest absolute Gasteiger partial charge is 0.497 e. The van der Waals surface area contributed by atoms with Crippen LogP contribution in [0.15, 0.2) is 36.4 Å². The number of ether oxygens (including phenoxy) is 4. The highest BCUT2D eigenvalue weighted by molar-refractivity contribution is 5.56. The molecule has 0 saturated carbocycles. The first kappa shape index (κ1) is 18.0. The van der Waals surface area contributed by atoms with Gasteiger partial charge in [-0.25, -0.2) is 0 Å². The molecule has 0 spiro atoms. The monoisotopic (exact) mass is 369 g/mol. The van der Waals surface area contributed by atoms with E-state index in [2.05, 4.69) is 43.9 Å². The van der Waals surface area contributed by atoms with Crippen LogP contribution in [-0.2, 0) is 0 Å². The Morgan fingerprint density at radius 3 is 2.30 bits per heavy atom. The van der Waals surface area contributed by atoms with Crippen molar-refractivity contribution >= 4 is 0 Å². The number of methoxy groups -OCH3 is 1. The van der Waals surface area contributed by atoms with Crippen LogP contribution >= 0.6 is 0 Å². The molecule has 0 amide bonds. The van der Waals surface area contributed by atoms with Crippen LogP contribution in [0.4, 0.5) is 0 Å². The third kappa shape index (κ3) is 3.10. The Labute approximate surface area is 160 Å². The topological polar surface area (TPSA) is 40.2 Å². The van der Waals surface area contributed by atoms with Gasteiger partial charge in [0.25, 0.3) is 0 Å². The molecule has 4 rings (SSSR count). The first-order chi connectivity index (χ1) is 13.2. The summed E-state index contributed by atoms with van der Waals surface area (Å²) in [6, 6.07) is 12.4. The molecule has 144 valence electrons. The SMILES string of the molecule is CCN(CC)[C@H]1Oc2cc3c(cc2[C@@H](c2ccc(OC)cc2)[C@H]1C)OCO3. The number of hydrogen-bond acceptors (Lipinski definition) is 5. The molecule has 2 aromatic rings. The Morgan fingerprint density at radius 1 is 1.00 bits per heavy atom. The summed E-state index contributed by atoms with van der Waals surface area (Å²) in [5, 5.41) is 0. The average Bonchev–Trinajstić information content (AvgIpc) is 3.15. The number of fused-ring (bicyclic) bond motifs is 2. The van der Waals surface area contributed by atoms with Crippen LogP contribution in [0.2, 0.25) is 0 Å². The Morgan fingerprint density at radius 2 is 1.67 bits per heavy atom. The molecule has 0 radical (unpaired) electrons. The summed E-state index contributed by atoms with van der Waals surface area (Å²) in [6.07, 6.45) is 0.0139. The second-order valence-corrected chi connectivity index (χ2v) is 7.08. The summed E-state index contributed by atoms with van der Waals surface area (Å²) < 4.78 is 23.0. The van der Waals surface area contributed by atoms with Gasteiger partial charge in [0.05, 0.1) is 7.11 Å². The first-order valence-corrected chi connectivity index (χ1v) is 9.64. The van der Waals surface area contributed by atoms with Crippen molar-refractivity contribution in [3.63, 3.8) is 0 Å². The van der Waals surface area contributed by atoms with Gasteiger partial charge in [-0.2, -0.15) is 0 Å². The molecule has 0 unspecified atom stereocenters. The van der Waals surface area contributed by atoms with Crippen LogP contribution in [0.3, 0.4) is 0 Å². The van der Waals surface area contributed by atoms with Crippen LogP contribution in [0.5, 0.6) is 23.0 Å². The quantitative estimate of drug-likeness (QED) is 0.788. The van der Waals surface area contributed by atoms with Crippen molar-refractivity contribution in [2.45, 2.75) is 32.9 Å². The van der Waals surface area contributed by atoms with E-state index in [0.29, 0.717) is 0 Å². The summed E-state index contributed by atoms with van der Waals surface area (Å²) in [7, 11) is 1.69. The van der Waals surface area contributed by atoms with Gasteiger partial charge in [-0.3, -0.25) is 4.90 Å². The molecule has 2 aliphatic rings. The Balaban J connectivity index is 1.81. The van der Waals surface area contributed by atoms with Gasteiger partial charge in [0.1, 0.15) is 11.5 Å². The summed E-state index contributed by atoms with van der Waals surface area (Å²) in [6.45, 7) is 8.78. The summed E-state index contributed by atoms with van der Waals surface area (Å²) in [5.41, 5.74) is 2.41. The fourth-order valence-electron chi connectivity index (χ4n) is 4.25. The maximum atomic E-state index is 6.48. The highest BCUT2D eigenvalue weighted by Crippen LogP contribution is 2.49. The molecule has 0 N–H and O–H groups in total. The Hall–Kier alpha value is -2.40. The van der Waals surface area contributed by atoms with E-state index in [0.717, 1.165) is 41.7 Å². The Bertz CT molecular complexity index is 801. The molecule has 2 aliphatic heterocycles. The molecule has 3 atom stereocenters. The number of nitrogens with zero attached hydrogens (tertiary/aromatic N) is 1. The predicted molar refractivity (Wildman–Crippen MR) is 104 cm³/mol. The van der Waals surface area contributed by atoms with E-state index in [9.17, 15) is 0 Å². The molecule has 2 aromatic carbocycles. The number of rotatable bonds is 5. The van der Waals surface area contributed by atoms with Crippen LogP contribution in [0.25, 0.3) is 0 Å². The normalized spacial score (nSPS) is 23.1. The predicted octanol–water partition coefficient (Wildman–Crippen LogP) is 4.25. The molecule has 2 heterocycles. The van der Waals surface area contributed by atoms with Gasteiger partial charge in [0.15, 0.2) is 17.7 Å². The van der Waals surface area contributed by atoms with Gasteiger partial charge >= 0.3 is 0 Å². The summed E-state index contributed by atoms with van der Waals surface area (Å²) >= 11 is 0. The maximum Gasteiger partial charge on any atom is 0.231 e. The van der Waals surface area contributed by atoms with E-state index in [4.69, 9.17) is 18.9 Å². The van der Waals surface area contributed by atoms with Crippen molar-refractivity contribution in [1.29, 1.82) is 0 Å². The molecule has 27 heavy (non-hydrogen) atoms. The summed E-state index contributed by atoms with van der Waals surface area (Å²) in [4.78, 5) is 2.37. The molecule has 0 aromatic heterocycles. The van der Waals surface area contributed by atoms with E-state index in [1.54, 1.807) is 7.11 Å². The second-order valence-electron chi connectivity index (χ2n) is 7.08. The van der Waals surface area contributed by atoms with Gasteiger partial charge in [0, 0.05) is 23.5 Å². The van der Waals surface area contributed by atoms with Gasteiger partial charge in [-0.15, -0.1) is 0 Å². The lowest BCUT2D eigenvalue weighted by Crippen LogP contribution is -2.48. The smallest absolute Gasteiger partial charge is 0.231 e. The number of hydrogen-bond donors (Lipinski definition) is 0. The maximum absolute atomic E-state index is 6.48. The highest BCUT2D eigenvalue weighted by atomic mass is 16.7.